The molecule has 2 aliphatic rings. The number of hydrogen-bond acceptors (Lipinski definition) is 2. The summed E-state index contributed by atoms with van der Waals surface area (Å²) in [7, 11) is 0. The van der Waals surface area contributed by atoms with Crippen molar-refractivity contribution in [2.24, 2.45) is 11.7 Å². The zero-order valence-electron chi connectivity index (χ0n) is 6.69. The number of carbonyl (C=O) groups excluding carboxylic acids is 1. The molecule has 2 N–H and O–H groups in total. The molecule has 2 rings (SSSR count). The highest BCUT2D eigenvalue weighted by atomic mass is 32.2. The quantitative estimate of drug-likeness (QED) is 0.665. The summed E-state index contributed by atoms with van der Waals surface area (Å²) in [5.74, 6) is 0.396. The third kappa shape index (κ3) is 1.29. The SMILES string of the molecule is NC(=O)C1CC2CC=CC=C2S1. The van der Waals surface area contributed by atoms with Crippen molar-refractivity contribution in [3.05, 3.63) is 23.1 Å². The van der Waals surface area contributed by atoms with E-state index in [9.17, 15) is 4.79 Å². The van der Waals surface area contributed by atoms with E-state index in [2.05, 4.69) is 18.2 Å². The van der Waals surface area contributed by atoms with E-state index < -0.39 is 0 Å². The number of thioether (sulfide) groups is 1. The second-order valence-corrected chi connectivity index (χ2v) is 4.45. The van der Waals surface area contributed by atoms with Gasteiger partial charge in [-0.25, -0.2) is 0 Å². The molecule has 3 heteroatoms. The van der Waals surface area contributed by atoms with E-state index in [1.807, 2.05) is 0 Å². The molecule has 12 heavy (non-hydrogen) atoms. The first-order valence-corrected chi connectivity index (χ1v) is 4.98. The summed E-state index contributed by atoms with van der Waals surface area (Å²) in [5.41, 5.74) is 5.24. The van der Waals surface area contributed by atoms with Gasteiger partial charge < -0.3 is 5.73 Å². The molecule has 2 nitrogen and oxygen atoms in total. The first kappa shape index (κ1) is 7.92. The summed E-state index contributed by atoms with van der Waals surface area (Å²) in [6.45, 7) is 0. The Morgan fingerprint density at radius 1 is 1.67 bits per heavy atom. The van der Waals surface area contributed by atoms with Crippen LogP contribution in [0.1, 0.15) is 12.8 Å². The third-order valence-electron chi connectivity index (χ3n) is 2.31. The second kappa shape index (κ2) is 2.98. The first-order valence-electron chi connectivity index (χ1n) is 4.10. The van der Waals surface area contributed by atoms with Crippen molar-refractivity contribution in [2.75, 3.05) is 0 Å². The Hall–Kier alpha value is -0.700. The number of fused-ring (bicyclic) bond motifs is 1. The van der Waals surface area contributed by atoms with Crippen molar-refractivity contribution < 1.29 is 4.79 Å². The summed E-state index contributed by atoms with van der Waals surface area (Å²) in [4.78, 5) is 12.2. The molecule has 0 radical (unpaired) electrons. The molecule has 1 amide bonds. The van der Waals surface area contributed by atoms with Crippen LogP contribution in [-0.4, -0.2) is 11.2 Å². The Labute approximate surface area is 75.9 Å². The fourth-order valence-corrected chi connectivity index (χ4v) is 2.97. The summed E-state index contributed by atoms with van der Waals surface area (Å²) in [6.07, 6.45) is 8.31. The van der Waals surface area contributed by atoms with Crippen molar-refractivity contribution in [1.29, 1.82) is 0 Å². The Balaban J connectivity index is 2.12. The van der Waals surface area contributed by atoms with Crippen LogP contribution in [0.2, 0.25) is 0 Å². The van der Waals surface area contributed by atoms with Crippen LogP contribution in [0.3, 0.4) is 0 Å². The van der Waals surface area contributed by atoms with Crippen LogP contribution >= 0.6 is 11.8 Å². The van der Waals surface area contributed by atoms with E-state index >= 15 is 0 Å². The highest BCUT2D eigenvalue weighted by molar-refractivity contribution is 8.04. The molecule has 2 unspecified atom stereocenters. The van der Waals surface area contributed by atoms with E-state index in [-0.39, 0.29) is 11.2 Å². The van der Waals surface area contributed by atoms with Gasteiger partial charge in [0, 0.05) is 0 Å². The van der Waals surface area contributed by atoms with Crippen molar-refractivity contribution in [3.63, 3.8) is 0 Å². The van der Waals surface area contributed by atoms with Gasteiger partial charge in [0.05, 0.1) is 5.25 Å². The minimum atomic E-state index is -0.171. The van der Waals surface area contributed by atoms with Crippen LogP contribution < -0.4 is 5.73 Å². The molecule has 0 aromatic rings. The lowest BCUT2D eigenvalue weighted by atomic mass is 9.96. The Kier molecular flexibility index (Phi) is 1.97. The number of nitrogens with two attached hydrogens (primary N) is 1. The van der Waals surface area contributed by atoms with Crippen molar-refractivity contribution in [1.82, 2.24) is 0 Å². The van der Waals surface area contributed by atoms with Crippen LogP contribution in [0, 0.1) is 5.92 Å². The Bertz CT molecular complexity index is 270. The number of amides is 1. The molecular weight excluding hydrogens is 170 g/mol. The van der Waals surface area contributed by atoms with Crippen molar-refractivity contribution >= 4 is 17.7 Å². The summed E-state index contributed by atoms with van der Waals surface area (Å²) in [5, 5.41) is 0.0150. The lowest BCUT2D eigenvalue weighted by Crippen LogP contribution is -2.23. The fourth-order valence-electron chi connectivity index (χ4n) is 1.65. The van der Waals surface area contributed by atoms with Gasteiger partial charge in [0.25, 0.3) is 0 Å². The Morgan fingerprint density at radius 3 is 3.17 bits per heavy atom. The van der Waals surface area contributed by atoms with E-state index in [1.54, 1.807) is 11.8 Å². The predicted octanol–water partition coefficient (Wildman–Crippen LogP) is 1.44. The molecule has 0 spiro atoms. The van der Waals surface area contributed by atoms with Crippen LogP contribution in [-0.2, 0) is 4.79 Å². The highest BCUT2D eigenvalue weighted by Gasteiger charge is 2.33. The maximum Gasteiger partial charge on any atom is 0.230 e. The zero-order chi connectivity index (χ0) is 8.55. The van der Waals surface area contributed by atoms with Crippen LogP contribution in [0.25, 0.3) is 0 Å². The standard InChI is InChI=1S/C9H11NOS/c10-9(11)8-5-6-3-1-2-4-7(6)12-8/h1-2,4,6,8H,3,5H2,(H2,10,11). The molecule has 0 aromatic carbocycles. The number of primary amides is 1. The first-order chi connectivity index (χ1) is 5.77. The number of allylic oxidation sites excluding steroid dienone is 4. The largest absolute Gasteiger partial charge is 0.369 e. The molecule has 1 aliphatic carbocycles. The van der Waals surface area contributed by atoms with Crippen molar-refractivity contribution in [3.8, 4) is 0 Å². The summed E-state index contributed by atoms with van der Waals surface area (Å²) < 4.78 is 0. The third-order valence-corrected chi connectivity index (χ3v) is 3.76. The van der Waals surface area contributed by atoms with Gasteiger partial charge in [0.1, 0.15) is 0 Å². The fraction of sp³-hybridized carbons (Fsp3) is 0.444. The second-order valence-electron chi connectivity index (χ2n) is 3.17. The summed E-state index contributed by atoms with van der Waals surface area (Å²) in [6, 6.07) is 0. The van der Waals surface area contributed by atoms with E-state index in [1.165, 1.54) is 4.91 Å². The average molecular weight is 181 g/mol. The number of carbonyl (C=O) groups is 1. The van der Waals surface area contributed by atoms with Gasteiger partial charge in [0.2, 0.25) is 5.91 Å². The summed E-state index contributed by atoms with van der Waals surface area (Å²) >= 11 is 1.64. The van der Waals surface area contributed by atoms with Gasteiger partial charge >= 0.3 is 0 Å². The predicted molar refractivity (Wildman–Crippen MR) is 50.5 cm³/mol. The van der Waals surface area contributed by atoms with Gasteiger partial charge in [0.15, 0.2) is 0 Å². The van der Waals surface area contributed by atoms with Gasteiger partial charge in [-0.1, -0.05) is 18.2 Å². The lowest BCUT2D eigenvalue weighted by molar-refractivity contribution is -0.117. The number of hydrogen-bond donors (Lipinski definition) is 1. The number of rotatable bonds is 1. The highest BCUT2D eigenvalue weighted by Crippen LogP contribution is 2.44. The van der Waals surface area contributed by atoms with Crippen LogP contribution in [0.5, 0.6) is 0 Å². The molecular formula is C9H11NOS. The van der Waals surface area contributed by atoms with Crippen LogP contribution in [0.15, 0.2) is 23.1 Å². The monoisotopic (exact) mass is 181 g/mol. The van der Waals surface area contributed by atoms with Gasteiger partial charge in [-0.05, 0) is 23.7 Å². The normalized spacial score (nSPS) is 32.8. The van der Waals surface area contributed by atoms with E-state index in [0.29, 0.717) is 5.92 Å². The molecule has 1 fully saturated rings. The van der Waals surface area contributed by atoms with Gasteiger partial charge in [-0.3, -0.25) is 4.79 Å². The molecule has 2 atom stereocenters. The molecule has 1 aliphatic heterocycles. The minimum Gasteiger partial charge on any atom is -0.369 e. The molecule has 0 aromatic heterocycles. The maximum atomic E-state index is 10.9. The molecule has 0 bridgehead atoms. The topological polar surface area (TPSA) is 43.1 Å². The zero-order valence-corrected chi connectivity index (χ0v) is 7.51. The smallest absolute Gasteiger partial charge is 0.230 e. The lowest BCUT2D eigenvalue weighted by Gasteiger charge is -2.09. The molecule has 64 valence electrons. The van der Waals surface area contributed by atoms with Gasteiger partial charge in [-0.15, -0.1) is 11.8 Å². The minimum absolute atomic E-state index is 0.0150. The average Bonchev–Trinajstić information content (AvgIpc) is 2.46. The maximum absolute atomic E-state index is 10.9. The molecule has 1 heterocycles. The van der Waals surface area contributed by atoms with Gasteiger partial charge in [-0.2, -0.15) is 0 Å². The van der Waals surface area contributed by atoms with E-state index in [0.717, 1.165) is 12.8 Å². The molecule has 0 saturated carbocycles. The van der Waals surface area contributed by atoms with Crippen LogP contribution in [0.4, 0.5) is 0 Å². The molecule has 1 saturated heterocycles. The van der Waals surface area contributed by atoms with E-state index in [4.69, 9.17) is 5.73 Å². The van der Waals surface area contributed by atoms with Crippen molar-refractivity contribution in [2.45, 2.75) is 18.1 Å². The Morgan fingerprint density at radius 2 is 2.50 bits per heavy atom.